The summed E-state index contributed by atoms with van der Waals surface area (Å²) in [6, 6.07) is 0.325. The third kappa shape index (κ3) is 6.50. The molecule has 0 bridgehead atoms. The molecule has 1 heterocycles. The van der Waals surface area contributed by atoms with E-state index in [1.807, 2.05) is 0 Å². The van der Waals surface area contributed by atoms with E-state index in [-0.39, 0.29) is 11.4 Å². The van der Waals surface area contributed by atoms with Crippen LogP contribution in [0.5, 0.6) is 0 Å². The van der Waals surface area contributed by atoms with Gasteiger partial charge >= 0.3 is 6.03 Å². The summed E-state index contributed by atoms with van der Waals surface area (Å²) in [6.45, 7) is 7.17. The second-order valence-electron chi connectivity index (χ2n) is 7.57. The minimum Gasteiger partial charge on any atom is -0.338 e. The highest BCUT2D eigenvalue weighted by atomic mass is 32.1. The summed E-state index contributed by atoms with van der Waals surface area (Å²) in [5, 5.41) is 9.34. The van der Waals surface area contributed by atoms with Crippen molar-refractivity contribution in [1.82, 2.24) is 15.6 Å². The number of aromatic nitrogens is 1. The Morgan fingerprint density at radius 2 is 1.87 bits per heavy atom. The highest BCUT2D eigenvalue weighted by Gasteiger charge is 2.17. The molecule has 1 aliphatic rings. The summed E-state index contributed by atoms with van der Waals surface area (Å²) in [7, 11) is 0. The van der Waals surface area contributed by atoms with Crippen molar-refractivity contribution in [3.05, 3.63) is 16.1 Å². The largest absolute Gasteiger partial charge is 0.338 e. The Morgan fingerprint density at radius 1 is 1.22 bits per heavy atom. The van der Waals surface area contributed by atoms with Crippen molar-refractivity contribution < 1.29 is 4.79 Å². The minimum absolute atomic E-state index is 0.0248. The molecule has 5 heteroatoms. The standard InChI is InChI=1S/C18H31N3OS/c1-18(2,3)15-13-23-16(21-15)11-12-19-17(22)20-14-9-7-5-4-6-8-10-14/h13-14H,4-12H2,1-3H3,(H2,19,20,22). The third-order valence-corrected chi connectivity index (χ3v) is 5.29. The van der Waals surface area contributed by atoms with Gasteiger partial charge in [-0.3, -0.25) is 0 Å². The zero-order valence-corrected chi connectivity index (χ0v) is 15.6. The maximum atomic E-state index is 12.0. The predicted molar refractivity (Wildman–Crippen MR) is 97.2 cm³/mol. The Morgan fingerprint density at radius 3 is 2.48 bits per heavy atom. The van der Waals surface area contributed by atoms with Crippen LogP contribution in [0.2, 0.25) is 0 Å². The average molecular weight is 338 g/mol. The SMILES string of the molecule is CC(C)(C)c1csc(CCNC(=O)NC2CCCCCCC2)n1. The topological polar surface area (TPSA) is 54.0 Å². The van der Waals surface area contributed by atoms with Crippen LogP contribution in [-0.4, -0.2) is 23.6 Å². The van der Waals surface area contributed by atoms with Crippen molar-refractivity contribution in [2.45, 2.75) is 83.6 Å². The molecule has 0 spiro atoms. The van der Waals surface area contributed by atoms with Gasteiger partial charge in [0, 0.05) is 29.8 Å². The molecular formula is C18H31N3OS. The van der Waals surface area contributed by atoms with E-state index in [4.69, 9.17) is 0 Å². The van der Waals surface area contributed by atoms with Gasteiger partial charge in [0.05, 0.1) is 10.7 Å². The minimum atomic E-state index is -0.0248. The fourth-order valence-electron chi connectivity index (χ4n) is 2.89. The van der Waals surface area contributed by atoms with Gasteiger partial charge in [-0.05, 0) is 12.8 Å². The quantitative estimate of drug-likeness (QED) is 0.856. The summed E-state index contributed by atoms with van der Waals surface area (Å²) in [6.07, 6.45) is 9.48. The molecule has 0 unspecified atom stereocenters. The van der Waals surface area contributed by atoms with Crippen molar-refractivity contribution in [2.24, 2.45) is 0 Å². The number of nitrogens with one attached hydrogen (secondary N) is 2. The first-order valence-corrected chi connectivity index (χ1v) is 9.82. The Hall–Kier alpha value is -1.10. The van der Waals surface area contributed by atoms with E-state index >= 15 is 0 Å². The highest BCUT2D eigenvalue weighted by Crippen LogP contribution is 2.23. The normalized spacial score (nSPS) is 17.3. The van der Waals surface area contributed by atoms with Crippen LogP contribution in [0.1, 0.15) is 76.4 Å². The highest BCUT2D eigenvalue weighted by molar-refractivity contribution is 7.09. The van der Waals surface area contributed by atoms with Gasteiger partial charge in [-0.1, -0.05) is 52.9 Å². The van der Waals surface area contributed by atoms with E-state index in [1.54, 1.807) is 11.3 Å². The molecule has 23 heavy (non-hydrogen) atoms. The first-order valence-electron chi connectivity index (χ1n) is 8.94. The van der Waals surface area contributed by atoms with Crippen molar-refractivity contribution in [3.8, 4) is 0 Å². The monoisotopic (exact) mass is 337 g/mol. The molecule has 0 aliphatic heterocycles. The Balaban J connectivity index is 1.69. The van der Waals surface area contributed by atoms with E-state index in [0.717, 1.165) is 30.0 Å². The number of carbonyl (C=O) groups excluding carboxylic acids is 1. The molecule has 1 saturated carbocycles. The molecule has 2 N–H and O–H groups in total. The lowest BCUT2D eigenvalue weighted by molar-refractivity contribution is 0.234. The lowest BCUT2D eigenvalue weighted by Crippen LogP contribution is -2.43. The zero-order chi connectivity index (χ0) is 16.7. The number of urea groups is 1. The Labute approximate surface area is 144 Å². The second-order valence-corrected chi connectivity index (χ2v) is 8.51. The number of hydrogen-bond acceptors (Lipinski definition) is 3. The van der Waals surface area contributed by atoms with Crippen molar-refractivity contribution >= 4 is 17.4 Å². The van der Waals surface area contributed by atoms with Crippen LogP contribution in [0, 0.1) is 0 Å². The molecule has 0 aromatic carbocycles. The molecule has 130 valence electrons. The second kappa shape index (κ2) is 8.67. The molecule has 2 amide bonds. The number of carbonyl (C=O) groups is 1. The van der Waals surface area contributed by atoms with Crippen LogP contribution in [0.3, 0.4) is 0 Å². The van der Waals surface area contributed by atoms with E-state index < -0.39 is 0 Å². The molecule has 0 radical (unpaired) electrons. The van der Waals surface area contributed by atoms with Crippen LogP contribution in [0.25, 0.3) is 0 Å². The molecular weight excluding hydrogens is 306 g/mol. The first kappa shape index (κ1) is 18.2. The summed E-state index contributed by atoms with van der Waals surface area (Å²) >= 11 is 1.69. The lowest BCUT2D eigenvalue weighted by Gasteiger charge is -2.21. The molecule has 0 saturated heterocycles. The summed E-state index contributed by atoms with van der Waals surface area (Å²) in [5.41, 5.74) is 1.23. The van der Waals surface area contributed by atoms with Crippen LogP contribution in [0.15, 0.2) is 5.38 Å². The van der Waals surface area contributed by atoms with E-state index in [1.165, 1.54) is 32.1 Å². The van der Waals surface area contributed by atoms with Crippen molar-refractivity contribution in [1.29, 1.82) is 0 Å². The Bertz CT molecular complexity index is 485. The summed E-state index contributed by atoms with van der Waals surface area (Å²) in [5.74, 6) is 0. The number of nitrogens with zero attached hydrogens (tertiary/aromatic N) is 1. The van der Waals surface area contributed by atoms with Crippen LogP contribution in [-0.2, 0) is 11.8 Å². The van der Waals surface area contributed by atoms with Crippen LogP contribution < -0.4 is 10.6 Å². The predicted octanol–water partition coefficient (Wildman–Crippen LogP) is 4.40. The number of rotatable bonds is 4. The van der Waals surface area contributed by atoms with Crippen molar-refractivity contribution in [3.63, 3.8) is 0 Å². The first-order chi connectivity index (χ1) is 10.9. The van der Waals surface area contributed by atoms with Gasteiger partial charge in [0.15, 0.2) is 0 Å². The van der Waals surface area contributed by atoms with Gasteiger partial charge in [0.1, 0.15) is 0 Å². The summed E-state index contributed by atoms with van der Waals surface area (Å²) < 4.78 is 0. The van der Waals surface area contributed by atoms with E-state index in [0.29, 0.717) is 12.6 Å². The lowest BCUT2D eigenvalue weighted by atomic mass is 9.93. The fraction of sp³-hybridized carbons (Fsp3) is 0.778. The van der Waals surface area contributed by atoms with Gasteiger partial charge < -0.3 is 10.6 Å². The zero-order valence-electron chi connectivity index (χ0n) is 14.8. The van der Waals surface area contributed by atoms with Crippen LogP contribution >= 0.6 is 11.3 Å². The maximum Gasteiger partial charge on any atom is 0.315 e. The number of thiazole rings is 1. The average Bonchev–Trinajstić information content (AvgIpc) is 2.90. The van der Waals surface area contributed by atoms with Gasteiger partial charge in [0.25, 0.3) is 0 Å². The fourth-order valence-corrected chi connectivity index (χ4v) is 3.91. The van der Waals surface area contributed by atoms with Gasteiger partial charge in [-0.15, -0.1) is 11.3 Å². The van der Waals surface area contributed by atoms with Crippen molar-refractivity contribution in [2.75, 3.05) is 6.54 Å². The molecule has 2 rings (SSSR count). The summed E-state index contributed by atoms with van der Waals surface area (Å²) in [4.78, 5) is 16.7. The molecule has 1 aromatic heterocycles. The molecule has 1 aliphatic carbocycles. The third-order valence-electron chi connectivity index (χ3n) is 4.38. The van der Waals surface area contributed by atoms with Gasteiger partial charge in [-0.2, -0.15) is 0 Å². The molecule has 1 aromatic rings. The molecule has 0 atom stereocenters. The molecule has 1 fully saturated rings. The number of amides is 2. The maximum absolute atomic E-state index is 12.0. The Kier molecular flexibility index (Phi) is 6.88. The smallest absolute Gasteiger partial charge is 0.315 e. The van der Waals surface area contributed by atoms with Gasteiger partial charge in [-0.25, -0.2) is 9.78 Å². The van der Waals surface area contributed by atoms with Gasteiger partial charge in [0.2, 0.25) is 0 Å². The van der Waals surface area contributed by atoms with E-state index in [2.05, 4.69) is 41.8 Å². The number of hydrogen-bond donors (Lipinski definition) is 2. The van der Waals surface area contributed by atoms with Crippen LogP contribution in [0.4, 0.5) is 4.79 Å². The molecule has 4 nitrogen and oxygen atoms in total. The van der Waals surface area contributed by atoms with E-state index in [9.17, 15) is 4.79 Å².